The molecule has 0 aliphatic carbocycles. The lowest BCUT2D eigenvalue weighted by atomic mass is 10.0. The second-order valence-electron chi connectivity index (χ2n) is 11.3. The Hall–Kier alpha value is -1.21. The molecule has 1 nitrogen and oxygen atoms in total. The summed E-state index contributed by atoms with van der Waals surface area (Å²) in [4.78, 5) is 10.3. The van der Waals surface area contributed by atoms with Crippen LogP contribution < -0.4 is 0 Å². The van der Waals surface area contributed by atoms with Gasteiger partial charge >= 0.3 is 0 Å². The van der Waals surface area contributed by atoms with Gasteiger partial charge in [0.15, 0.2) is 0 Å². The van der Waals surface area contributed by atoms with Crippen molar-refractivity contribution in [2.24, 2.45) is 0 Å². The molecule has 0 aromatic carbocycles. The van der Waals surface area contributed by atoms with Crippen molar-refractivity contribution in [2.75, 3.05) is 0 Å². The lowest BCUT2D eigenvalue weighted by molar-refractivity contribution is -0.107. The van der Waals surface area contributed by atoms with Crippen molar-refractivity contribution >= 4 is 6.29 Å². The van der Waals surface area contributed by atoms with Crippen molar-refractivity contribution in [1.82, 2.24) is 0 Å². The summed E-state index contributed by atoms with van der Waals surface area (Å²) >= 11 is 0. The van der Waals surface area contributed by atoms with Crippen LogP contribution in [0.4, 0.5) is 0 Å². The van der Waals surface area contributed by atoms with Crippen molar-refractivity contribution in [2.45, 2.75) is 200 Å². The number of rotatable bonds is 29. The first-order chi connectivity index (χ1) is 18.4. The fourth-order valence-electron chi connectivity index (χ4n) is 5.01. The summed E-state index contributed by atoms with van der Waals surface area (Å²) in [5, 5.41) is 0. The molecule has 0 N–H and O–H groups in total. The third-order valence-electron chi connectivity index (χ3n) is 7.52. The minimum atomic E-state index is 0.749. The average Bonchev–Trinajstić information content (AvgIpc) is 2.91. The number of unbranched alkanes of at least 4 members (excludes halogenated alkanes) is 28. The molecule has 0 rings (SSSR count). The van der Waals surface area contributed by atoms with Crippen LogP contribution in [0, 0.1) is 23.7 Å². The highest BCUT2D eigenvalue weighted by Crippen LogP contribution is 2.14. The molecule has 0 radical (unpaired) electrons. The Labute approximate surface area is 234 Å². The largest absolute Gasteiger partial charge is 0.303 e. The molecule has 0 saturated carbocycles. The van der Waals surface area contributed by atoms with Crippen LogP contribution in [0.5, 0.6) is 0 Å². The van der Waals surface area contributed by atoms with Gasteiger partial charge in [0.1, 0.15) is 6.29 Å². The molecular weight excluding hydrogens is 448 g/mol. The van der Waals surface area contributed by atoms with Crippen LogP contribution in [0.25, 0.3) is 0 Å². The maximum absolute atomic E-state index is 10.3. The average molecular weight is 513 g/mol. The minimum absolute atomic E-state index is 0.749. The smallest absolute Gasteiger partial charge is 0.119 e. The monoisotopic (exact) mass is 512 g/mol. The molecule has 0 atom stereocenters. The van der Waals surface area contributed by atoms with Gasteiger partial charge in [-0.1, -0.05) is 173 Å². The Kier molecular flexibility index (Phi) is 33.7. The number of aldehydes is 1. The summed E-state index contributed by atoms with van der Waals surface area (Å²) in [5.41, 5.74) is 0. The highest BCUT2D eigenvalue weighted by Gasteiger charge is 1.95. The van der Waals surface area contributed by atoms with E-state index in [9.17, 15) is 4.79 Å². The summed E-state index contributed by atoms with van der Waals surface area (Å²) in [7, 11) is 0. The molecule has 0 aliphatic heterocycles. The molecule has 0 amide bonds. The lowest BCUT2D eigenvalue weighted by Gasteiger charge is -2.03. The third kappa shape index (κ3) is 34.8. The predicted octanol–water partition coefficient (Wildman–Crippen LogP) is 11.9. The van der Waals surface area contributed by atoms with E-state index in [1.165, 1.54) is 167 Å². The van der Waals surface area contributed by atoms with Crippen molar-refractivity contribution in [3.8, 4) is 23.7 Å². The van der Waals surface area contributed by atoms with E-state index in [4.69, 9.17) is 0 Å². The van der Waals surface area contributed by atoms with E-state index in [0.29, 0.717) is 0 Å². The summed E-state index contributed by atoms with van der Waals surface area (Å²) in [6.07, 6.45) is 40.8. The molecule has 0 bridgehead atoms. The van der Waals surface area contributed by atoms with Crippen molar-refractivity contribution in [3.63, 3.8) is 0 Å². The summed E-state index contributed by atoms with van der Waals surface area (Å²) in [5.74, 6) is 12.6. The van der Waals surface area contributed by atoms with E-state index in [1.54, 1.807) is 0 Å². The first kappa shape index (κ1) is 35.8. The second kappa shape index (κ2) is 34.8. The van der Waals surface area contributed by atoms with Gasteiger partial charge in [-0.3, -0.25) is 0 Å². The van der Waals surface area contributed by atoms with E-state index in [0.717, 1.165) is 32.0 Å². The third-order valence-corrected chi connectivity index (χ3v) is 7.52. The zero-order chi connectivity index (χ0) is 26.7. The molecule has 0 spiro atoms. The first-order valence-electron chi connectivity index (χ1n) is 16.8. The lowest BCUT2D eigenvalue weighted by Crippen LogP contribution is -1.83. The van der Waals surface area contributed by atoms with Crippen LogP contribution in [-0.4, -0.2) is 6.29 Å². The predicted molar refractivity (Wildman–Crippen MR) is 166 cm³/mol. The maximum atomic E-state index is 10.3. The number of carbonyl (C=O) groups is 1. The molecular formula is C36H64O. The molecule has 37 heavy (non-hydrogen) atoms. The molecule has 0 aliphatic rings. The highest BCUT2D eigenvalue weighted by molar-refractivity contribution is 5.48. The fraction of sp³-hybridized carbons (Fsp3) is 0.861. The van der Waals surface area contributed by atoms with E-state index in [2.05, 4.69) is 30.6 Å². The minimum Gasteiger partial charge on any atom is -0.303 e. The molecule has 1 heteroatoms. The number of hydrogen-bond acceptors (Lipinski definition) is 1. The van der Waals surface area contributed by atoms with Crippen LogP contribution in [0.15, 0.2) is 0 Å². The Morgan fingerprint density at radius 2 is 0.649 bits per heavy atom. The maximum Gasteiger partial charge on any atom is 0.119 e. The molecule has 0 heterocycles. The Balaban J connectivity index is 3.20. The number of hydrogen-bond donors (Lipinski definition) is 0. The quantitative estimate of drug-likeness (QED) is 0.0553. The van der Waals surface area contributed by atoms with E-state index in [1.807, 2.05) is 0 Å². The molecule has 0 aromatic rings. The summed E-state index contributed by atoms with van der Waals surface area (Å²) in [6.45, 7) is 2.29. The van der Waals surface area contributed by atoms with Gasteiger partial charge in [-0.2, -0.15) is 0 Å². The summed E-state index contributed by atoms with van der Waals surface area (Å²) < 4.78 is 0. The van der Waals surface area contributed by atoms with Gasteiger partial charge in [0.05, 0.1) is 0 Å². The normalized spacial score (nSPS) is 10.5. The molecule has 0 aromatic heterocycles. The van der Waals surface area contributed by atoms with Gasteiger partial charge in [0.25, 0.3) is 0 Å². The van der Waals surface area contributed by atoms with Crippen LogP contribution in [0.2, 0.25) is 0 Å². The SMILES string of the molecule is CCCCCCCCCCCCCCCCCC#CC#CCCCCCCCCCCCCCCC=O. The molecule has 0 unspecified atom stereocenters. The van der Waals surface area contributed by atoms with E-state index >= 15 is 0 Å². The second-order valence-corrected chi connectivity index (χ2v) is 11.3. The van der Waals surface area contributed by atoms with Gasteiger partial charge in [0, 0.05) is 19.3 Å². The molecule has 0 saturated heterocycles. The Morgan fingerprint density at radius 1 is 0.378 bits per heavy atom. The zero-order valence-corrected chi connectivity index (χ0v) is 25.2. The van der Waals surface area contributed by atoms with Crippen molar-refractivity contribution in [3.05, 3.63) is 0 Å². The van der Waals surface area contributed by atoms with Gasteiger partial charge in [-0.25, -0.2) is 0 Å². The van der Waals surface area contributed by atoms with Gasteiger partial charge < -0.3 is 4.79 Å². The fourth-order valence-corrected chi connectivity index (χ4v) is 5.01. The highest BCUT2D eigenvalue weighted by atomic mass is 16.1. The van der Waals surface area contributed by atoms with Crippen molar-refractivity contribution < 1.29 is 4.79 Å². The number of carbonyl (C=O) groups excluding carboxylic acids is 1. The van der Waals surface area contributed by atoms with Crippen molar-refractivity contribution in [1.29, 1.82) is 0 Å². The van der Waals surface area contributed by atoms with Crippen LogP contribution in [0.3, 0.4) is 0 Å². The first-order valence-corrected chi connectivity index (χ1v) is 16.8. The Bertz CT molecular complexity index is 555. The zero-order valence-electron chi connectivity index (χ0n) is 25.2. The summed E-state index contributed by atoms with van der Waals surface area (Å²) in [6, 6.07) is 0. The van der Waals surface area contributed by atoms with Gasteiger partial charge in [0.2, 0.25) is 0 Å². The molecule has 0 fully saturated rings. The van der Waals surface area contributed by atoms with Gasteiger partial charge in [-0.05, 0) is 31.1 Å². The molecule has 214 valence electrons. The van der Waals surface area contributed by atoms with Crippen LogP contribution in [-0.2, 0) is 4.79 Å². The van der Waals surface area contributed by atoms with E-state index in [-0.39, 0.29) is 0 Å². The standard InChI is InChI=1S/C36H64O/c1-2-3-4-5-6-7-8-9-10-11-12-13-14-15-16-17-18-19-20-21-22-23-24-25-26-27-28-29-30-31-32-33-34-35-36-37/h36H,2-17,22-35H2,1H3. The topological polar surface area (TPSA) is 17.1 Å². The van der Waals surface area contributed by atoms with Gasteiger partial charge in [-0.15, -0.1) is 0 Å². The Morgan fingerprint density at radius 3 is 0.946 bits per heavy atom. The van der Waals surface area contributed by atoms with Crippen LogP contribution in [0.1, 0.15) is 200 Å². The van der Waals surface area contributed by atoms with Crippen LogP contribution >= 0.6 is 0 Å². The van der Waals surface area contributed by atoms with E-state index < -0.39 is 0 Å².